The Labute approximate surface area is 477 Å². The first kappa shape index (κ1) is 60.9. The highest BCUT2D eigenvalue weighted by atomic mass is 28.4. The number of benzene rings is 6. The summed E-state index contributed by atoms with van der Waals surface area (Å²) in [6, 6.07) is 56.7. The molecule has 1 fully saturated rings. The molecule has 6 aromatic carbocycles. The third kappa shape index (κ3) is 13.1. The summed E-state index contributed by atoms with van der Waals surface area (Å²) in [5, 5.41) is 4.43. The summed E-state index contributed by atoms with van der Waals surface area (Å²) >= 11 is 0. The van der Waals surface area contributed by atoms with E-state index in [2.05, 4.69) is 200 Å². The van der Waals surface area contributed by atoms with Crippen molar-refractivity contribution in [2.24, 2.45) is 0 Å². The average molecular weight is 1100 g/mol. The van der Waals surface area contributed by atoms with Crippen molar-refractivity contribution in [3.8, 4) is 0 Å². The molecule has 420 valence electrons. The van der Waals surface area contributed by atoms with Gasteiger partial charge in [-0.15, -0.1) is 0 Å². The van der Waals surface area contributed by atoms with Crippen LogP contribution in [0.5, 0.6) is 0 Å². The number of carbonyl (C=O) groups excluding carboxylic acids is 3. The third-order valence-electron chi connectivity index (χ3n) is 17.8. The maximum atomic E-state index is 15.6. The molecule has 1 aliphatic rings. The molecule has 1 saturated carbocycles. The topological polar surface area (TPSA) is 76.2 Å². The molecule has 0 heterocycles. The number of amides is 2. The van der Waals surface area contributed by atoms with E-state index in [-0.39, 0.29) is 46.1 Å². The van der Waals surface area contributed by atoms with Crippen molar-refractivity contribution >= 4 is 55.0 Å². The van der Waals surface area contributed by atoms with E-state index >= 15 is 9.59 Å². The van der Waals surface area contributed by atoms with Crippen molar-refractivity contribution in [3.05, 3.63) is 192 Å². The molecule has 1 aliphatic carbocycles. The van der Waals surface area contributed by atoms with Gasteiger partial charge >= 0.3 is 0 Å². The van der Waals surface area contributed by atoms with Crippen LogP contribution in [0.1, 0.15) is 171 Å². The molecule has 9 heteroatoms. The van der Waals surface area contributed by atoms with Crippen LogP contribution in [0.4, 0.5) is 0 Å². The number of hydrogen-bond acceptors (Lipinski definition) is 5. The van der Waals surface area contributed by atoms with Gasteiger partial charge in [0.1, 0.15) is 5.78 Å². The van der Waals surface area contributed by atoms with E-state index in [1.807, 2.05) is 49.4 Å². The lowest BCUT2D eigenvalue weighted by molar-refractivity contribution is -0.118. The predicted molar refractivity (Wildman–Crippen MR) is 334 cm³/mol. The van der Waals surface area contributed by atoms with Gasteiger partial charge in [0, 0.05) is 48.1 Å². The monoisotopic (exact) mass is 1100 g/mol. The third-order valence-corrected chi connectivity index (χ3v) is 27.8. The van der Waals surface area contributed by atoms with Crippen molar-refractivity contribution in [2.45, 2.75) is 174 Å². The number of hydrogen-bond donors (Lipinski definition) is 0. The van der Waals surface area contributed by atoms with Crippen LogP contribution < -0.4 is 20.7 Å². The zero-order valence-corrected chi connectivity index (χ0v) is 51.8. The van der Waals surface area contributed by atoms with E-state index in [4.69, 9.17) is 8.85 Å². The number of carbonyl (C=O) groups is 3. The second-order valence-electron chi connectivity index (χ2n) is 24.4. The largest absolute Gasteiger partial charge is 0.406 e. The van der Waals surface area contributed by atoms with Crippen LogP contribution in [0.3, 0.4) is 0 Å². The summed E-state index contributed by atoms with van der Waals surface area (Å²) in [4.78, 5) is 49.8. The SMILES string of the molecule is CCCC(CC)(CC)N(CCO[Si](c1ccccc1)(c1ccccc1)C(C)(C)C)C(=O)c1cc(C)ccc1CC(=O)CCc1ccccc1C(=O)N(CCO[Si](c1ccccc1)(c1ccccc1)C(C)(C)C)C1(CC)CCCC1. The number of Topliss-reactive ketones (excluding diaryl/α,β-unsaturated/α-hetero) is 1. The minimum Gasteiger partial charge on any atom is -0.406 e. The van der Waals surface area contributed by atoms with Gasteiger partial charge in [-0.2, -0.15) is 0 Å². The Hall–Kier alpha value is -5.72. The molecule has 0 unspecified atom stereocenters. The molecule has 6 aromatic rings. The lowest BCUT2D eigenvalue weighted by Crippen LogP contribution is -2.67. The fraction of sp³-hybridized carbons (Fsp3) is 0.443. The highest BCUT2D eigenvalue weighted by Gasteiger charge is 2.52. The van der Waals surface area contributed by atoms with Gasteiger partial charge < -0.3 is 18.7 Å². The Balaban J connectivity index is 1.14. The molecule has 0 atom stereocenters. The van der Waals surface area contributed by atoms with Gasteiger partial charge in [-0.3, -0.25) is 14.4 Å². The molecule has 7 nitrogen and oxygen atoms in total. The van der Waals surface area contributed by atoms with Crippen LogP contribution in [-0.4, -0.2) is 81.4 Å². The van der Waals surface area contributed by atoms with E-state index < -0.39 is 22.2 Å². The van der Waals surface area contributed by atoms with Crippen molar-refractivity contribution in [3.63, 3.8) is 0 Å². The van der Waals surface area contributed by atoms with E-state index in [0.29, 0.717) is 43.9 Å². The number of aryl methyl sites for hydroxylation is 2. The smallest absolute Gasteiger partial charge is 0.261 e. The summed E-state index contributed by atoms with van der Waals surface area (Å²) in [5.41, 5.74) is 3.11. The summed E-state index contributed by atoms with van der Waals surface area (Å²) < 4.78 is 14.9. The van der Waals surface area contributed by atoms with Crippen LogP contribution in [0.25, 0.3) is 0 Å². The maximum Gasteiger partial charge on any atom is 0.261 e. The van der Waals surface area contributed by atoms with Crippen LogP contribution in [0, 0.1) is 6.92 Å². The summed E-state index contributed by atoms with van der Waals surface area (Å²) in [6.45, 7) is 26.2. The first-order chi connectivity index (χ1) is 37.9. The van der Waals surface area contributed by atoms with Gasteiger partial charge in [-0.05, 0) is 106 Å². The van der Waals surface area contributed by atoms with Crippen molar-refractivity contribution in [1.29, 1.82) is 0 Å². The lowest BCUT2D eigenvalue weighted by atomic mass is 9.84. The van der Waals surface area contributed by atoms with Crippen molar-refractivity contribution < 1.29 is 23.2 Å². The zero-order chi connectivity index (χ0) is 56.9. The molecule has 0 N–H and O–H groups in total. The van der Waals surface area contributed by atoms with Gasteiger partial charge in [0.15, 0.2) is 0 Å². The lowest BCUT2D eigenvalue weighted by Gasteiger charge is -2.46. The molecule has 0 radical (unpaired) electrons. The van der Waals surface area contributed by atoms with Gasteiger partial charge in [0.25, 0.3) is 28.4 Å². The van der Waals surface area contributed by atoms with Crippen LogP contribution >= 0.6 is 0 Å². The Morgan fingerprint density at radius 3 is 1.44 bits per heavy atom. The van der Waals surface area contributed by atoms with E-state index in [1.165, 1.54) is 20.7 Å². The van der Waals surface area contributed by atoms with Gasteiger partial charge in [0.2, 0.25) is 0 Å². The Morgan fingerprint density at radius 2 is 1.00 bits per heavy atom. The van der Waals surface area contributed by atoms with E-state index in [9.17, 15) is 4.79 Å². The summed E-state index contributed by atoms with van der Waals surface area (Å²) in [6.07, 6.45) is 9.07. The Kier molecular flexibility index (Phi) is 20.6. The predicted octanol–water partition coefficient (Wildman–Crippen LogP) is 13.9. The highest BCUT2D eigenvalue weighted by Crippen LogP contribution is 2.42. The highest BCUT2D eigenvalue weighted by molar-refractivity contribution is 7.00. The first-order valence-corrected chi connectivity index (χ1v) is 33.5. The summed E-state index contributed by atoms with van der Waals surface area (Å²) in [7, 11) is -5.75. The number of rotatable bonds is 26. The molecule has 79 heavy (non-hydrogen) atoms. The molecule has 2 amide bonds. The van der Waals surface area contributed by atoms with E-state index in [1.54, 1.807) is 0 Å². The number of ketones is 1. The first-order valence-electron chi connectivity index (χ1n) is 29.7. The quantitative estimate of drug-likeness (QED) is 0.0506. The normalized spacial score (nSPS) is 14.0. The second kappa shape index (κ2) is 26.7. The summed E-state index contributed by atoms with van der Waals surface area (Å²) in [5.74, 6) is -0.0176. The average Bonchev–Trinajstić information content (AvgIpc) is 4.12. The van der Waals surface area contributed by atoms with Crippen molar-refractivity contribution in [2.75, 3.05) is 26.3 Å². The fourth-order valence-electron chi connectivity index (χ4n) is 13.5. The second-order valence-corrected chi connectivity index (χ2v) is 33.0. The molecule has 0 aliphatic heterocycles. The van der Waals surface area contributed by atoms with Gasteiger partial charge in [-0.25, -0.2) is 0 Å². The minimum absolute atomic E-state index is 0.00527. The minimum atomic E-state index is -2.89. The van der Waals surface area contributed by atoms with Gasteiger partial charge in [-0.1, -0.05) is 246 Å². The molecular formula is C70H92N2O5Si2. The number of nitrogens with zero attached hydrogens (tertiary/aromatic N) is 2. The van der Waals surface area contributed by atoms with Crippen molar-refractivity contribution in [1.82, 2.24) is 9.80 Å². The van der Waals surface area contributed by atoms with E-state index in [0.717, 1.165) is 74.5 Å². The molecule has 0 bridgehead atoms. The molecule has 0 saturated heterocycles. The van der Waals surface area contributed by atoms with Crippen LogP contribution in [-0.2, 0) is 26.5 Å². The fourth-order valence-corrected chi connectivity index (χ4v) is 22.6. The molecule has 0 spiro atoms. The van der Waals surface area contributed by atoms with Crippen LogP contribution in [0.2, 0.25) is 10.1 Å². The Bertz CT molecular complexity index is 2830. The Morgan fingerprint density at radius 1 is 0.544 bits per heavy atom. The molecule has 0 aromatic heterocycles. The van der Waals surface area contributed by atoms with Gasteiger partial charge in [0.05, 0.1) is 13.2 Å². The molecule has 7 rings (SSSR count). The standard InChI is InChI=1S/C70H92N2O5Si2/c1-12-46-69(13-2,14-3)71(49-51-76-78(67(6,7)8,59-33-20-16-21-34-59)60-35-22-17-23-36-60)66(75)64-53-55(5)42-43-57(64)54-58(73)45-44-56-32-28-29-41-63(56)65(74)72(70(15-4)47-30-31-48-70)50-52-77-79(68(9,10)11,61-37-24-18-25-38-61)62-39-26-19-27-40-62/h16-29,32-43,53H,12-15,30-31,44-52,54H2,1-11H3. The maximum absolute atomic E-state index is 15.6. The zero-order valence-electron chi connectivity index (χ0n) is 49.8. The van der Waals surface area contributed by atoms with Crippen LogP contribution in [0.15, 0.2) is 164 Å². The molecular weight excluding hydrogens is 1000 g/mol.